The summed E-state index contributed by atoms with van der Waals surface area (Å²) in [5, 5.41) is 3.23. The van der Waals surface area contributed by atoms with Crippen LogP contribution < -0.4 is 11.1 Å². The lowest BCUT2D eigenvalue weighted by molar-refractivity contribution is 0.421. The molecule has 0 aliphatic rings. The number of rotatable bonds is 4. The Balaban J connectivity index is 2.72. The van der Waals surface area contributed by atoms with Crippen LogP contribution in [0.25, 0.3) is 0 Å². The predicted octanol–water partition coefficient (Wildman–Crippen LogP) is 1.65. The summed E-state index contributed by atoms with van der Waals surface area (Å²) >= 11 is 3.39. The van der Waals surface area contributed by atoms with Gasteiger partial charge in [0, 0.05) is 6.54 Å². The van der Waals surface area contributed by atoms with Gasteiger partial charge in [-0.05, 0) is 28.5 Å². The van der Waals surface area contributed by atoms with Crippen molar-refractivity contribution < 1.29 is 4.42 Å². The molecule has 1 unspecified atom stereocenters. The standard InChI is InChI=1S/C8H13BrN2O/c1-2-11-7(5-10)8-6(9)3-4-12-8/h3-4,7,11H,2,5,10H2,1H3. The Kier molecular flexibility index (Phi) is 3.78. The van der Waals surface area contributed by atoms with Gasteiger partial charge in [0.2, 0.25) is 0 Å². The van der Waals surface area contributed by atoms with Crippen molar-refractivity contribution in [2.24, 2.45) is 5.73 Å². The van der Waals surface area contributed by atoms with Crippen LogP contribution in [0.2, 0.25) is 0 Å². The van der Waals surface area contributed by atoms with Gasteiger partial charge in [-0.2, -0.15) is 0 Å². The maximum Gasteiger partial charge on any atom is 0.136 e. The molecule has 0 aliphatic carbocycles. The smallest absolute Gasteiger partial charge is 0.136 e. The average molecular weight is 233 g/mol. The van der Waals surface area contributed by atoms with E-state index < -0.39 is 0 Å². The monoisotopic (exact) mass is 232 g/mol. The third kappa shape index (κ3) is 2.09. The maximum atomic E-state index is 5.58. The lowest BCUT2D eigenvalue weighted by Gasteiger charge is -2.12. The van der Waals surface area contributed by atoms with Crippen LogP contribution in [-0.4, -0.2) is 13.1 Å². The summed E-state index contributed by atoms with van der Waals surface area (Å²) in [7, 11) is 0. The van der Waals surface area contributed by atoms with Gasteiger partial charge in [-0.3, -0.25) is 0 Å². The lowest BCUT2D eigenvalue weighted by atomic mass is 10.2. The van der Waals surface area contributed by atoms with E-state index in [9.17, 15) is 0 Å². The highest BCUT2D eigenvalue weighted by Gasteiger charge is 2.14. The van der Waals surface area contributed by atoms with Crippen LogP contribution in [0.3, 0.4) is 0 Å². The van der Waals surface area contributed by atoms with Crippen LogP contribution in [0.5, 0.6) is 0 Å². The summed E-state index contributed by atoms with van der Waals surface area (Å²) in [5.41, 5.74) is 5.58. The van der Waals surface area contributed by atoms with E-state index in [1.165, 1.54) is 0 Å². The largest absolute Gasteiger partial charge is 0.466 e. The van der Waals surface area contributed by atoms with E-state index in [2.05, 4.69) is 21.2 Å². The Bertz CT molecular complexity index is 237. The van der Waals surface area contributed by atoms with Gasteiger partial charge in [0.15, 0.2) is 0 Å². The number of nitrogens with two attached hydrogens (primary N) is 1. The van der Waals surface area contributed by atoms with Crippen LogP contribution in [0, 0.1) is 0 Å². The first-order chi connectivity index (χ1) is 5.79. The highest BCUT2D eigenvalue weighted by Crippen LogP contribution is 2.23. The number of nitrogens with one attached hydrogen (secondary N) is 1. The Labute approximate surface area is 80.4 Å². The molecule has 68 valence electrons. The van der Waals surface area contributed by atoms with E-state index in [1.54, 1.807) is 6.26 Å². The Hall–Kier alpha value is -0.320. The van der Waals surface area contributed by atoms with Crippen molar-refractivity contribution in [3.05, 3.63) is 22.6 Å². The van der Waals surface area contributed by atoms with E-state index in [1.807, 2.05) is 13.0 Å². The SMILES string of the molecule is CCNC(CN)c1occc1Br. The molecule has 0 spiro atoms. The highest BCUT2D eigenvalue weighted by atomic mass is 79.9. The summed E-state index contributed by atoms with van der Waals surface area (Å²) < 4.78 is 6.25. The van der Waals surface area contributed by atoms with E-state index in [0.29, 0.717) is 6.54 Å². The van der Waals surface area contributed by atoms with Crippen molar-refractivity contribution in [3.8, 4) is 0 Å². The van der Waals surface area contributed by atoms with Gasteiger partial charge in [0.05, 0.1) is 16.8 Å². The maximum absolute atomic E-state index is 5.58. The molecule has 1 heterocycles. The van der Waals surface area contributed by atoms with Gasteiger partial charge in [-0.1, -0.05) is 6.92 Å². The van der Waals surface area contributed by atoms with Crippen molar-refractivity contribution in [2.45, 2.75) is 13.0 Å². The summed E-state index contributed by atoms with van der Waals surface area (Å²) in [5.74, 6) is 0.874. The van der Waals surface area contributed by atoms with Gasteiger partial charge in [-0.15, -0.1) is 0 Å². The number of halogens is 1. The van der Waals surface area contributed by atoms with Gasteiger partial charge in [0.1, 0.15) is 5.76 Å². The number of hydrogen-bond donors (Lipinski definition) is 2. The summed E-state index contributed by atoms with van der Waals surface area (Å²) in [4.78, 5) is 0. The molecule has 0 aliphatic heterocycles. The molecule has 12 heavy (non-hydrogen) atoms. The van der Waals surface area contributed by atoms with E-state index in [4.69, 9.17) is 10.2 Å². The first-order valence-corrected chi connectivity index (χ1v) is 4.75. The third-order valence-corrected chi connectivity index (χ3v) is 2.30. The summed E-state index contributed by atoms with van der Waals surface area (Å²) in [6.45, 7) is 3.47. The molecule has 4 heteroatoms. The molecule has 0 amide bonds. The molecule has 1 aromatic rings. The normalized spacial score (nSPS) is 13.2. The van der Waals surface area contributed by atoms with Gasteiger partial charge in [0.25, 0.3) is 0 Å². The molecular formula is C8H13BrN2O. The molecule has 0 fully saturated rings. The fraction of sp³-hybridized carbons (Fsp3) is 0.500. The molecule has 1 rings (SSSR count). The zero-order valence-corrected chi connectivity index (χ0v) is 8.60. The molecule has 3 nitrogen and oxygen atoms in total. The van der Waals surface area contributed by atoms with Crippen LogP contribution >= 0.6 is 15.9 Å². The highest BCUT2D eigenvalue weighted by molar-refractivity contribution is 9.10. The van der Waals surface area contributed by atoms with E-state index in [-0.39, 0.29) is 6.04 Å². The lowest BCUT2D eigenvalue weighted by Crippen LogP contribution is -2.27. The van der Waals surface area contributed by atoms with Crippen LogP contribution in [0.15, 0.2) is 21.2 Å². The van der Waals surface area contributed by atoms with Crippen LogP contribution in [0.1, 0.15) is 18.7 Å². The first kappa shape index (κ1) is 9.77. The zero-order valence-electron chi connectivity index (χ0n) is 7.01. The number of furan rings is 1. The molecule has 0 bridgehead atoms. The van der Waals surface area contributed by atoms with Crippen molar-refractivity contribution in [3.63, 3.8) is 0 Å². The van der Waals surface area contributed by atoms with Gasteiger partial charge in [-0.25, -0.2) is 0 Å². The van der Waals surface area contributed by atoms with Crippen molar-refractivity contribution in [1.82, 2.24) is 5.32 Å². The van der Waals surface area contributed by atoms with E-state index in [0.717, 1.165) is 16.8 Å². The predicted molar refractivity (Wildman–Crippen MR) is 51.9 cm³/mol. The molecule has 0 saturated heterocycles. The first-order valence-electron chi connectivity index (χ1n) is 3.96. The van der Waals surface area contributed by atoms with E-state index >= 15 is 0 Å². The second-order valence-electron chi connectivity index (χ2n) is 2.48. The zero-order chi connectivity index (χ0) is 8.97. The minimum absolute atomic E-state index is 0.111. The van der Waals surface area contributed by atoms with Gasteiger partial charge < -0.3 is 15.5 Å². The minimum Gasteiger partial charge on any atom is -0.466 e. The Morgan fingerprint density at radius 3 is 2.92 bits per heavy atom. The fourth-order valence-electron chi connectivity index (χ4n) is 1.08. The van der Waals surface area contributed by atoms with Crippen molar-refractivity contribution in [2.75, 3.05) is 13.1 Å². The molecule has 1 aromatic heterocycles. The van der Waals surface area contributed by atoms with Crippen LogP contribution in [0.4, 0.5) is 0 Å². The summed E-state index contributed by atoms with van der Waals surface area (Å²) in [6, 6.07) is 1.98. The molecule has 3 N–H and O–H groups in total. The number of likely N-dealkylation sites (N-methyl/N-ethyl adjacent to an activating group) is 1. The third-order valence-electron chi connectivity index (χ3n) is 1.65. The number of hydrogen-bond acceptors (Lipinski definition) is 3. The molecule has 1 atom stereocenters. The molecule has 0 saturated carbocycles. The van der Waals surface area contributed by atoms with Gasteiger partial charge >= 0.3 is 0 Å². The second kappa shape index (κ2) is 4.64. The average Bonchev–Trinajstić information content (AvgIpc) is 2.47. The summed E-state index contributed by atoms with van der Waals surface area (Å²) in [6.07, 6.45) is 1.65. The molecule has 0 radical (unpaired) electrons. The molecular weight excluding hydrogens is 220 g/mol. The fourth-order valence-corrected chi connectivity index (χ4v) is 1.56. The van der Waals surface area contributed by atoms with Crippen molar-refractivity contribution >= 4 is 15.9 Å². The topological polar surface area (TPSA) is 51.2 Å². The quantitative estimate of drug-likeness (QED) is 0.831. The second-order valence-corrected chi connectivity index (χ2v) is 3.33. The minimum atomic E-state index is 0.111. The Morgan fingerprint density at radius 2 is 2.50 bits per heavy atom. The van der Waals surface area contributed by atoms with Crippen LogP contribution in [-0.2, 0) is 0 Å². The Morgan fingerprint density at radius 1 is 1.75 bits per heavy atom. The van der Waals surface area contributed by atoms with Crippen molar-refractivity contribution in [1.29, 1.82) is 0 Å². The molecule has 0 aromatic carbocycles.